The molecule has 2 saturated carbocycles. The van der Waals surface area contributed by atoms with Crippen LogP contribution in [0.2, 0.25) is 0 Å². The first kappa shape index (κ1) is 20.5. The molecule has 1 spiro atoms. The average molecular weight is 414 g/mol. The number of epoxide rings is 1. The second-order valence-corrected chi connectivity index (χ2v) is 10.6. The highest BCUT2D eigenvalue weighted by molar-refractivity contribution is 5.75. The minimum Gasteiger partial charge on any atom is -0.462 e. The molecule has 8 atom stereocenters. The van der Waals surface area contributed by atoms with Crippen LogP contribution in [0.4, 0.5) is 0 Å². The number of benzene rings is 1. The monoisotopic (exact) mass is 413 g/mol. The smallest absolute Gasteiger partial charge is 0.310 e. The van der Waals surface area contributed by atoms with Gasteiger partial charge in [0, 0.05) is 18.5 Å². The van der Waals surface area contributed by atoms with Gasteiger partial charge < -0.3 is 14.6 Å². The predicted molar refractivity (Wildman–Crippen MR) is 114 cm³/mol. The largest absolute Gasteiger partial charge is 0.462 e. The van der Waals surface area contributed by atoms with Gasteiger partial charge in [0.25, 0.3) is 0 Å². The number of carbonyl (C=O) groups is 1. The minimum absolute atomic E-state index is 0.0420. The average Bonchev–Trinajstić information content (AvgIpc) is 3.44. The van der Waals surface area contributed by atoms with Gasteiger partial charge in [0.05, 0.1) is 24.2 Å². The quantitative estimate of drug-likeness (QED) is 0.591. The molecular formula is C25H35NO4. The van der Waals surface area contributed by atoms with E-state index in [1.165, 1.54) is 19.3 Å². The van der Waals surface area contributed by atoms with E-state index in [2.05, 4.69) is 11.8 Å². The van der Waals surface area contributed by atoms with E-state index >= 15 is 0 Å². The van der Waals surface area contributed by atoms with Crippen molar-refractivity contribution in [2.45, 2.75) is 69.8 Å². The standard InChI is InChI=1S/C25H35NO4/c1-16(22(27)17-8-5-4-6-9-17)26(3)14-19-18-12-21-24(2,13-20(18)30-23(19)28)10-7-11-25(21)15-29-25/h4-6,8-9,16,18-22,27H,7,10-15H2,1-3H3. The maximum atomic E-state index is 12.9. The van der Waals surface area contributed by atoms with Crippen molar-refractivity contribution in [2.24, 2.45) is 23.2 Å². The van der Waals surface area contributed by atoms with Crippen LogP contribution >= 0.6 is 0 Å². The number of carbonyl (C=O) groups excluding carboxylic acids is 1. The number of nitrogens with zero attached hydrogens (tertiary/aromatic N) is 1. The van der Waals surface area contributed by atoms with Crippen LogP contribution in [0, 0.1) is 23.2 Å². The Balaban J connectivity index is 1.30. The summed E-state index contributed by atoms with van der Waals surface area (Å²) < 4.78 is 12.0. The highest BCUT2D eigenvalue weighted by Crippen LogP contribution is 2.62. The second kappa shape index (κ2) is 7.32. The Kier molecular flexibility index (Phi) is 4.99. The van der Waals surface area contributed by atoms with Gasteiger partial charge in [-0.2, -0.15) is 0 Å². The fourth-order valence-corrected chi connectivity index (χ4v) is 6.81. The lowest BCUT2D eigenvalue weighted by Crippen LogP contribution is -2.51. The lowest BCUT2D eigenvalue weighted by atomic mass is 9.53. The lowest BCUT2D eigenvalue weighted by Gasteiger charge is -2.51. The molecule has 0 aromatic heterocycles. The molecule has 5 rings (SSSR count). The summed E-state index contributed by atoms with van der Waals surface area (Å²) in [6, 6.07) is 9.68. The van der Waals surface area contributed by atoms with Gasteiger partial charge in [-0.15, -0.1) is 0 Å². The highest BCUT2D eigenvalue weighted by atomic mass is 16.6. The Hall–Kier alpha value is -1.43. The Labute approximate surface area is 179 Å². The number of hydrogen-bond acceptors (Lipinski definition) is 5. The van der Waals surface area contributed by atoms with E-state index in [0.717, 1.165) is 25.0 Å². The van der Waals surface area contributed by atoms with Gasteiger partial charge in [-0.3, -0.25) is 9.69 Å². The number of ether oxygens (including phenoxy) is 2. The molecule has 2 heterocycles. The summed E-state index contributed by atoms with van der Waals surface area (Å²) in [5.41, 5.74) is 1.22. The molecule has 0 bridgehead atoms. The molecule has 5 heteroatoms. The molecule has 0 radical (unpaired) electrons. The molecule has 5 nitrogen and oxygen atoms in total. The number of rotatable bonds is 5. The van der Waals surface area contributed by atoms with Gasteiger partial charge in [-0.1, -0.05) is 37.3 Å². The van der Waals surface area contributed by atoms with Gasteiger partial charge in [-0.05, 0) is 63.0 Å². The zero-order valence-corrected chi connectivity index (χ0v) is 18.4. The Morgan fingerprint density at radius 1 is 1.27 bits per heavy atom. The number of esters is 1. The van der Waals surface area contributed by atoms with Crippen molar-refractivity contribution in [3.63, 3.8) is 0 Å². The fourth-order valence-electron chi connectivity index (χ4n) is 6.81. The first-order valence-corrected chi connectivity index (χ1v) is 11.6. The zero-order valence-electron chi connectivity index (χ0n) is 18.4. The van der Waals surface area contributed by atoms with E-state index in [4.69, 9.17) is 9.47 Å². The molecule has 164 valence electrons. The van der Waals surface area contributed by atoms with Crippen molar-refractivity contribution in [3.05, 3.63) is 35.9 Å². The van der Waals surface area contributed by atoms with Gasteiger partial charge in [0.1, 0.15) is 6.10 Å². The Morgan fingerprint density at radius 2 is 2.00 bits per heavy atom. The molecule has 1 N–H and O–H groups in total. The molecule has 1 aromatic carbocycles. The van der Waals surface area contributed by atoms with Crippen LogP contribution in [0.1, 0.15) is 57.6 Å². The van der Waals surface area contributed by atoms with Gasteiger partial charge in [-0.25, -0.2) is 0 Å². The maximum Gasteiger partial charge on any atom is 0.310 e. The molecule has 2 aliphatic heterocycles. The number of aliphatic hydroxyl groups is 1. The van der Waals surface area contributed by atoms with Crippen LogP contribution < -0.4 is 0 Å². The van der Waals surface area contributed by atoms with Crippen LogP contribution in [0.25, 0.3) is 0 Å². The third kappa shape index (κ3) is 3.30. The molecule has 4 aliphatic rings. The van der Waals surface area contributed by atoms with E-state index in [1.807, 2.05) is 44.3 Å². The summed E-state index contributed by atoms with van der Waals surface area (Å²) >= 11 is 0. The van der Waals surface area contributed by atoms with Crippen molar-refractivity contribution < 1.29 is 19.4 Å². The summed E-state index contributed by atoms with van der Waals surface area (Å²) in [4.78, 5) is 15.0. The fraction of sp³-hybridized carbons (Fsp3) is 0.720. The van der Waals surface area contributed by atoms with Gasteiger partial charge in [0.15, 0.2) is 0 Å². The topological polar surface area (TPSA) is 62.3 Å². The molecule has 8 unspecified atom stereocenters. The van der Waals surface area contributed by atoms with Gasteiger partial charge >= 0.3 is 5.97 Å². The lowest BCUT2D eigenvalue weighted by molar-refractivity contribution is -0.147. The van der Waals surface area contributed by atoms with E-state index in [1.54, 1.807) is 0 Å². The summed E-state index contributed by atoms with van der Waals surface area (Å²) in [6.45, 7) is 5.94. The summed E-state index contributed by atoms with van der Waals surface area (Å²) in [6.07, 6.45) is 5.07. The Bertz CT molecular complexity index is 794. The summed E-state index contributed by atoms with van der Waals surface area (Å²) in [5, 5.41) is 10.8. The first-order valence-electron chi connectivity index (χ1n) is 11.6. The summed E-state index contributed by atoms with van der Waals surface area (Å²) in [5.74, 6) is 0.631. The third-order valence-electron chi connectivity index (χ3n) is 8.86. The zero-order chi connectivity index (χ0) is 21.1. The minimum atomic E-state index is -0.583. The van der Waals surface area contributed by atoms with E-state index < -0.39 is 6.10 Å². The molecular weight excluding hydrogens is 378 g/mol. The van der Waals surface area contributed by atoms with Crippen LogP contribution in [-0.4, -0.2) is 53.9 Å². The van der Waals surface area contributed by atoms with Crippen molar-refractivity contribution in [1.82, 2.24) is 4.90 Å². The molecule has 2 saturated heterocycles. The summed E-state index contributed by atoms with van der Waals surface area (Å²) in [7, 11) is 2.01. The first-order chi connectivity index (χ1) is 14.3. The van der Waals surface area contributed by atoms with Crippen molar-refractivity contribution in [1.29, 1.82) is 0 Å². The van der Waals surface area contributed by atoms with E-state index in [0.29, 0.717) is 12.5 Å². The van der Waals surface area contributed by atoms with Crippen molar-refractivity contribution in [2.75, 3.05) is 20.2 Å². The third-order valence-corrected chi connectivity index (χ3v) is 8.86. The molecule has 2 aliphatic carbocycles. The van der Waals surface area contributed by atoms with Crippen molar-refractivity contribution in [3.8, 4) is 0 Å². The van der Waals surface area contributed by atoms with Crippen LogP contribution in [0.5, 0.6) is 0 Å². The van der Waals surface area contributed by atoms with Crippen LogP contribution in [0.15, 0.2) is 30.3 Å². The SMILES string of the molecule is CC(C(O)c1ccccc1)N(C)CC1C(=O)OC2CC3(C)CCCC4(CO4)C3CC21. The van der Waals surface area contributed by atoms with E-state index in [9.17, 15) is 9.90 Å². The molecule has 0 amide bonds. The molecule has 4 fully saturated rings. The number of likely N-dealkylation sites (N-methyl/N-ethyl adjacent to an activating group) is 1. The number of aliphatic hydroxyl groups excluding tert-OH is 1. The van der Waals surface area contributed by atoms with Gasteiger partial charge in [0.2, 0.25) is 0 Å². The van der Waals surface area contributed by atoms with Crippen LogP contribution in [0.3, 0.4) is 0 Å². The molecule has 1 aromatic rings. The maximum absolute atomic E-state index is 12.9. The Morgan fingerprint density at radius 3 is 2.70 bits per heavy atom. The van der Waals surface area contributed by atoms with E-state index in [-0.39, 0.29) is 41.0 Å². The highest BCUT2D eigenvalue weighted by Gasteiger charge is 2.65. The number of hydrogen-bond donors (Lipinski definition) is 1. The normalized spacial score (nSPS) is 41.8. The van der Waals surface area contributed by atoms with Crippen molar-refractivity contribution >= 4 is 5.97 Å². The number of fused-ring (bicyclic) bond motifs is 3. The van der Waals surface area contributed by atoms with Crippen LogP contribution in [-0.2, 0) is 14.3 Å². The predicted octanol–water partition coefficient (Wildman–Crippen LogP) is 3.57. The molecule has 30 heavy (non-hydrogen) atoms. The second-order valence-electron chi connectivity index (χ2n) is 10.6.